The van der Waals surface area contributed by atoms with Gasteiger partial charge in [0.2, 0.25) is 0 Å². The predicted molar refractivity (Wildman–Crippen MR) is 81.4 cm³/mol. The van der Waals surface area contributed by atoms with Crippen molar-refractivity contribution < 1.29 is 9.47 Å². The van der Waals surface area contributed by atoms with Crippen molar-refractivity contribution in [3.63, 3.8) is 0 Å². The molecular formula is C12H17BrN2O2S. The van der Waals surface area contributed by atoms with E-state index < -0.39 is 0 Å². The molecular weight excluding hydrogens is 316 g/mol. The highest BCUT2D eigenvalue weighted by molar-refractivity contribution is 9.10. The highest BCUT2D eigenvalue weighted by atomic mass is 79.9. The van der Waals surface area contributed by atoms with Crippen molar-refractivity contribution >= 4 is 38.9 Å². The Morgan fingerprint density at radius 3 is 2.78 bits per heavy atom. The van der Waals surface area contributed by atoms with Gasteiger partial charge in [0, 0.05) is 24.9 Å². The third-order valence-corrected chi connectivity index (χ3v) is 3.08. The first-order valence-electron chi connectivity index (χ1n) is 5.46. The number of methoxy groups -OCH3 is 2. The standard InChI is InChI=1S/C12H17BrN2O2S/c1-8(7-16-2)14-12(18)15-9-4-5-10(13)11(6-9)17-3/h4-6,8H,7H2,1-3H3,(H2,14,15,18). The Hall–Kier alpha value is -0.850. The van der Waals surface area contributed by atoms with Crippen molar-refractivity contribution in [2.24, 2.45) is 0 Å². The lowest BCUT2D eigenvalue weighted by molar-refractivity contribution is 0.179. The SMILES string of the molecule is COCC(C)NC(=S)Nc1ccc(Br)c(OC)c1. The Labute approximate surface area is 121 Å². The van der Waals surface area contributed by atoms with Crippen LogP contribution in [0.1, 0.15) is 6.92 Å². The van der Waals surface area contributed by atoms with Gasteiger partial charge < -0.3 is 20.1 Å². The summed E-state index contributed by atoms with van der Waals surface area (Å²) >= 11 is 8.61. The molecule has 1 aromatic carbocycles. The summed E-state index contributed by atoms with van der Waals surface area (Å²) in [5, 5.41) is 6.78. The molecule has 1 unspecified atom stereocenters. The molecule has 0 heterocycles. The Morgan fingerprint density at radius 2 is 2.17 bits per heavy atom. The molecule has 0 spiro atoms. The molecule has 1 rings (SSSR count). The van der Waals surface area contributed by atoms with Crippen LogP contribution in [0.5, 0.6) is 5.75 Å². The zero-order valence-electron chi connectivity index (χ0n) is 10.6. The molecule has 0 aromatic heterocycles. The predicted octanol–water partition coefficient (Wildman–Crippen LogP) is 2.78. The van der Waals surface area contributed by atoms with Crippen LogP contribution >= 0.6 is 28.1 Å². The van der Waals surface area contributed by atoms with E-state index in [0.29, 0.717) is 11.7 Å². The lowest BCUT2D eigenvalue weighted by Crippen LogP contribution is -2.38. The minimum Gasteiger partial charge on any atom is -0.495 e. The van der Waals surface area contributed by atoms with E-state index in [9.17, 15) is 0 Å². The van der Waals surface area contributed by atoms with Crippen LogP contribution < -0.4 is 15.4 Å². The van der Waals surface area contributed by atoms with Crippen LogP contribution in [0.3, 0.4) is 0 Å². The molecule has 1 aromatic rings. The van der Waals surface area contributed by atoms with Crippen molar-refractivity contribution in [1.29, 1.82) is 0 Å². The summed E-state index contributed by atoms with van der Waals surface area (Å²) in [4.78, 5) is 0. The highest BCUT2D eigenvalue weighted by Gasteiger charge is 2.06. The molecule has 0 saturated heterocycles. The van der Waals surface area contributed by atoms with E-state index >= 15 is 0 Å². The van der Waals surface area contributed by atoms with Crippen LogP contribution in [0.25, 0.3) is 0 Å². The number of nitrogens with one attached hydrogen (secondary N) is 2. The molecule has 0 aliphatic heterocycles. The monoisotopic (exact) mass is 332 g/mol. The molecule has 0 radical (unpaired) electrons. The summed E-state index contributed by atoms with van der Waals surface area (Å²) in [5.41, 5.74) is 0.872. The van der Waals surface area contributed by atoms with Gasteiger partial charge in [-0.15, -0.1) is 0 Å². The zero-order valence-corrected chi connectivity index (χ0v) is 13.0. The van der Waals surface area contributed by atoms with Crippen LogP contribution in [0.4, 0.5) is 5.69 Å². The van der Waals surface area contributed by atoms with Crippen molar-refractivity contribution in [3.8, 4) is 5.75 Å². The molecule has 6 heteroatoms. The quantitative estimate of drug-likeness (QED) is 0.811. The summed E-state index contributed by atoms with van der Waals surface area (Å²) in [6, 6.07) is 5.86. The number of halogens is 1. The molecule has 100 valence electrons. The molecule has 4 nitrogen and oxygen atoms in total. The van der Waals surface area contributed by atoms with E-state index in [-0.39, 0.29) is 6.04 Å². The maximum absolute atomic E-state index is 5.22. The number of benzene rings is 1. The molecule has 18 heavy (non-hydrogen) atoms. The lowest BCUT2D eigenvalue weighted by Gasteiger charge is -2.16. The Kier molecular flexibility index (Phi) is 6.38. The molecule has 0 saturated carbocycles. The van der Waals surface area contributed by atoms with Gasteiger partial charge in [-0.2, -0.15) is 0 Å². The minimum atomic E-state index is 0.160. The number of anilines is 1. The van der Waals surface area contributed by atoms with E-state index in [1.807, 2.05) is 25.1 Å². The van der Waals surface area contributed by atoms with E-state index in [1.165, 1.54) is 0 Å². The van der Waals surface area contributed by atoms with Crippen LogP contribution in [-0.2, 0) is 4.74 Å². The maximum Gasteiger partial charge on any atom is 0.171 e. The molecule has 0 fully saturated rings. The molecule has 0 aliphatic rings. The zero-order chi connectivity index (χ0) is 13.5. The summed E-state index contributed by atoms with van der Waals surface area (Å²) in [5.74, 6) is 0.757. The third-order valence-electron chi connectivity index (χ3n) is 2.20. The van der Waals surface area contributed by atoms with Crippen molar-refractivity contribution in [3.05, 3.63) is 22.7 Å². The van der Waals surface area contributed by atoms with Gasteiger partial charge in [0.15, 0.2) is 5.11 Å². The number of thiocarbonyl (C=S) groups is 1. The van der Waals surface area contributed by atoms with E-state index in [2.05, 4.69) is 26.6 Å². The minimum absolute atomic E-state index is 0.160. The molecule has 0 bridgehead atoms. The summed E-state index contributed by atoms with van der Waals surface area (Å²) in [6.07, 6.45) is 0. The largest absolute Gasteiger partial charge is 0.495 e. The van der Waals surface area contributed by atoms with Crippen LogP contribution in [0.15, 0.2) is 22.7 Å². The fraction of sp³-hybridized carbons (Fsp3) is 0.417. The molecule has 2 N–H and O–H groups in total. The third kappa shape index (κ3) is 4.80. The van der Waals surface area contributed by atoms with Gasteiger partial charge in [-0.25, -0.2) is 0 Å². The maximum atomic E-state index is 5.22. The van der Waals surface area contributed by atoms with E-state index in [4.69, 9.17) is 21.7 Å². The van der Waals surface area contributed by atoms with Gasteiger partial charge in [-0.1, -0.05) is 0 Å². The summed E-state index contributed by atoms with van der Waals surface area (Å²) < 4.78 is 11.2. The van der Waals surface area contributed by atoms with Gasteiger partial charge in [-0.3, -0.25) is 0 Å². The second kappa shape index (κ2) is 7.56. The van der Waals surface area contributed by atoms with Gasteiger partial charge in [0.1, 0.15) is 5.75 Å². The van der Waals surface area contributed by atoms with Crippen LogP contribution in [0, 0.1) is 0 Å². The average Bonchev–Trinajstić information content (AvgIpc) is 2.31. The van der Waals surface area contributed by atoms with Crippen LogP contribution in [0.2, 0.25) is 0 Å². The van der Waals surface area contributed by atoms with Crippen molar-refractivity contribution in [2.45, 2.75) is 13.0 Å². The van der Waals surface area contributed by atoms with Crippen molar-refractivity contribution in [2.75, 3.05) is 26.1 Å². The Morgan fingerprint density at radius 1 is 1.44 bits per heavy atom. The molecule has 1 atom stereocenters. The first-order valence-corrected chi connectivity index (χ1v) is 6.67. The second-order valence-corrected chi connectivity index (χ2v) is 5.07. The average molecular weight is 333 g/mol. The number of ether oxygens (including phenoxy) is 2. The van der Waals surface area contributed by atoms with Gasteiger partial charge in [0.05, 0.1) is 18.2 Å². The van der Waals surface area contributed by atoms with Gasteiger partial charge in [-0.05, 0) is 47.2 Å². The summed E-state index contributed by atoms with van der Waals surface area (Å²) in [6.45, 7) is 2.60. The first kappa shape index (κ1) is 15.2. The highest BCUT2D eigenvalue weighted by Crippen LogP contribution is 2.27. The first-order chi connectivity index (χ1) is 8.56. The fourth-order valence-corrected chi connectivity index (χ4v) is 2.15. The van der Waals surface area contributed by atoms with Gasteiger partial charge >= 0.3 is 0 Å². The fourth-order valence-electron chi connectivity index (χ4n) is 1.42. The second-order valence-electron chi connectivity index (χ2n) is 3.80. The Balaban J connectivity index is 2.59. The molecule has 0 amide bonds. The smallest absolute Gasteiger partial charge is 0.171 e. The van der Waals surface area contributed by atoms with E-state index in [0.717, 1.165) is 15.9 Å². The van der Waals surface area contributed by atoms with Crippen LogP contribution in [-0.4, -0.2) is 32.0 Å². The van der Waals surface area contributed by atoms with Crippen molar-refractivity contribution in [1.82, 2.24) is 5.32 Å². The normalized spacial score (nSPS) is 11.8. The topological polar surface area (TPSA) is 42.5 Å². The Bertz CT molecular complexity index is 415. The number of rotatable bonds is 5. The van der Waals surface area contributed by atoms with E-state index in [1.54, 1.807) is 14.2 Å². The number of hydrogen-bond acceptors (Lipinski definition) is 3. The molecule has 0 aliphatic carbocycles. The lowest BCUT2D eigenvalue weighted by atomic mass is 10.3. The summed E-state index contributed by atoms with van der Waals surface area (Å²) in [7, 11) is 3.29. The van der Waals surface area contributed by atoms with Gasteiger partial charge in [0.25, 0.3) is 0 Å². The number of hydrogen-bond donors (Lipinski definition) is 2.